The molecule has 0 aliphatic rings. The molecule has 27 heavy (non-hydrogen) atoms. The van der Waals surface area contributed by atoms with E-state index in [1.165, 1.54) is 0 Å². The number of benzene rings is 1. The van der Waals surface area contributed by atoms with Crippen LogP contribution in [0, 0.1) is 6.92 Å². The molecule has 2 rings (SSSR count). The third-order valence-electron chi connectivity index (χ3n) is 4.28. The van der Waals surface area contributed by atoms with Crippen molar-refractivity contribution in [1.29, 1.82) is 0 Å². The molecular weight excluding hydrogens is 344 g/mol. The number of rotatable bonds is 6. The van der Waals surface area contributed by atoms with Gasteiger partial charge in [0.2, 0.25) is 0 Å². The molecule has 0 aliphatic carbocycles. The summed E-state index contributed by atoms with van der Waals surface area (Å²) >= 11 is 0. The van der Waals surface area contributed by atoms with Crippen molar-refractivity contribution >= 4 is 17.6 Å². The number of nitrogens with zero attached hydrogens (tertiary/aromatic N) is 1. The van der Waals surface area contributed by atoms with E-state index < -0.39 is 5.97 Å². The number of hydrogen-bond acceptors (Lipinski definition) is 4. The minimum atomic E-state index is -0.874. The van der Waals surface area contributed by atoms with Gasteiger partial charge in [-0.1, -0.05) is 32.9 Å². The lowest BCUT2D eigenvalue weighted by atomic mass is 9.87. The number of amides is 1. The van der Waals surface area contributed by atoms with Crippen LogP contribution in [0.5, 0.6) is 0 Å². The monoisotopic (exact) mass is 370 g/mol. The van der Waals surface area contributed by atoms with Crippen molar-refractivity contribution in [2.24, 2.45) is 5.10 Å². The van der Waals surface area contributed by atoms with Gasteiger partial charge in [0.25, 0.3) is 5.91 Å². The van der Waals surface area contributed by atoms with Crippen LogP contribution < -0.4 is 5.43 Å². The average molecular weight is 370 g/mol. The summed E-state index contributed by atoms with van der Waals surface area (Å²) in [5.74, 6) is 0.0618. The van der Waals surface area contributed by atoms with Gasteiger partial charge in [0.1, 0.15) is 11.5 Å². The van der Waals surface area contributed by atoms with Crippen LogP contribution in [0.15, 0.2) is 39.9 Å². The molecule has 0 aliphatic heterocycles. The standard InChI is InChI=1S/C21H26N2O4/c1-13(18-12-17(27-14(18)2)10-11-19(24)25)22-23-20(26)15-6-8-16(9-7-15)21(3,4)5/h6-9,12H,10-11H2,1-5H3,(H,23,26)(H,24,25)/b22-13-. The lowest BCUT2D eigenvalue weighted by molar-refractivity contribution is -0.137. The number of furan rings is 1. The van der Waals surface area contributed by atoms with Crippen LogP contribution in [-0.4, -0.2) is 22.7 Å². The third kappa shape index (κ3) is 5.54. The van der Waals surface area contributed by atoms with Gasteiger partial charge in [0.05, 0.1) is 12.1 Å². The normalized spacial score (nSPS) is 12.1. The first-order valence-electron chi connectivity index (χ1n) is 8.84. The van der Waals surface area contributed by atoms with E-state index in [2.05, 4.69) is 31.3 Å². The van der Waals surface area contributed by atoms with Crippen LogP contribution in [0.3, 0.4) is 0 Å². The molecule has 1 amide bonds. The quantitative estimate of drug-likeness (QED) is 0.592. The molecule has 0 saturated carbocycles. The summed E-state index contributed by atoms with van der Waals surface area (Å²) in [6.07, 6.45) is 0.319. The molecule has 0 unspecified atom stereocenters. The van der Waals surface area contributed by atoms with Gasteiger partial charge < -0.3 is 9.52 Å². The molecule has 2 aromatic rings. The predicted octanol–water partition coefficient (Wildman–Crippen LogP) is 4.06. The second-order valence-corrected chi connectivity index (χ2v) is 7.54. The van der Waals surface area contributed by atoms with Gasteiger partial charge in [-0.05, 0) is 43.0 Å². The summed E-state index contributed by atoms with van der Waals surface area (Å²) in [5, 5.41) is 12.9. The lowest BCUT2D eigenvalue weighted by Gasteiger charge is -2.18. The number of carboxylic acids is 1. The average Bonchev–Trinajstić information content (AvgIpc) is 2.98. The van der Waals surface area contributed by atoms with Gasteiger partial charge in [-0.2, -0.15) is 5.10 Å². The number of carboxylic acid groups (broad SMARTS) is 1. The van der Waals surface area contributed by atoms with E-state index in [1.807, 2.05) is 12.1 Å². The van der Waals surface area contributed by atoms with Crippen LogP contribution in [0.25, 0.3) is 0 Å². The Morgan fingerprint density at radius 2 is 1.81 bits per heavy atom. The molecule has 0 saturated heterocycles. The Hall–Kier alpha value is -2.89. The topological polar surface area (TPSA) is 91.9 Å². The molecule has 144 valence electrons. The van der Waals surface area contributed by atoms with Gasteiger partial charge in [0, 0.05) is 17.5 Å². The van der Waals surface area contributed by atoms with Crippen molar-refractivity contribution < 1.29 is 19.1 Å². The molecule has 0 radical (unpaired) electrons. The zero-order valence-electron chi connectivity index (χ0n) is 16.4. The molecule has 1 heterocycles. The van der Waals surface area contributed by atoms with Gasteiger partial charge in [-0.25, -0.2) is 5.43 Å². The van der Waals surface area contributed by atoms with Crippen LogP contribution in [0.2, 0.25) is 0 Å². The number of nitrogens with one attached hydrogen (secondary N) is 1. The van der Waals surface area contributed by atoms with Crippen molar-refractivity contribution in [3.05, 3.63) is 58.5 Å². The molecule has 6 heteroatoms. The Balaban J connectivity index is 2.06. The molecule has 1 aromatic heterocycles. The van der Waals surface area contributed by atoms with Crippen LogP contribution in [-0.2, 0) is 16.6 Å². The fourth-order valence-corrected chi connectivity index (χ4v) is 2.64. The Kier molecular flexibility index (Phi) is 6.20. The van der Waals surface area contributed by atoms with Crippen molar-refractivity contribution in [2.45, 2.75) is 52.9 Å². The Morgan fingerprint density at radius 3 is 2.37 bits per heavy atom. The number of carbonyl (C=O) groups excluding carboxylic acids is 1. The van der Waals surface area contributed by atoms with Crippen molar-refractivity contribution in [3.8, 4) is 0 Å². The third-order valence-corrected chi connectivity index (χ3v) is 4.28. The van der Waals surface area contributed by atoms with Crippen molar-refractivity contribution in [3.63, 3.8) is 0 Å². The van der Waals surface area contributed by atoms with E-state index in [0.717, 1.165) is 11.1 Å². The second-order valence-electron chi connectivity index (χ2n) is 7.54. The highest BCUT2D eigenvalue weighted by Crippen LogP contribution is 2.22. The molecule has 1 aromatic carbocycles. The number of hydrazone groups is 1. The maximum Gasteiger partial charge on any atom is 0.303 e. The zero-order chi connectivity index (χ0) is 20.2. The predicted molar refractivity (Wildman–Crippen MR) is 104 cm³/mol. The van der Waals surface area contributed by atoms with Gasteiger partial charge >= 0.3 is 5.97 Å². The summed E-state index contributed by atoms with van der Waals surface area (Å²) in [5.41, 5.74) is 5.62. The Morgan fingerprint density at radius 1 is 1.19 bits per heavy atom. The van der Waals surface area contributed by atoms with E-state index in [1.54, 1.807) is 32.0 Å². The Bertz CT molecular complexity index is 855. The highest BCUT2D eigenvalue weighted by Gasteiger charge is 2.15. The lowest BCUT2D eigenvalue weighted by Crippen LogP contribution is -2.20. The molecule has 6 nitrogen and oxygen atoms in total. The molecule has 0 spiro atoms. The van der Waals surface area contributed by atoms with E-state index in [9.17, 15) is 9.59 Å². The SMILES string of the molecule is C/C(=N/NC(=O)c1ccc(C(C)(C)C)cc1)c1cc(CCC(=O)O)oc1C. The summed E-state index contributed by atoms with van der Waals surface area (Å²) in [6, 6.07) is 9.23. The minimum Gasteiger partial charge on any atom is -0.481 e. The van der Waals surface area contributed by atoms with Gasteiger partial charge in [0.15, 0.2) is 0 Å². The van der Waals surface area contributed by atoms with Gasteiger partial charge in [-0.3, -0.25) is 9.59 Å². The summed E-state index contributed by atoms with van der Waals surface area (Å²) in [4.78, 5) is 23.0. The van der Waals surface area contributed by atoms with E-state index in [0.29, 0.717) is 29.2 Å². The molecule has 2 N–H and O–H groups in total. The smallest absolute Gasteiger partial charge is 0.303 e. The first-order valence-corrected chi connectivity index (χ1v) is 8.84. The first-order chi connectivity index (χ1) is 12.6. The van der Waals surface area contributed by atoms with Crippen LogP contribution in [0.4, 0.5) is 0 Å². The summed E-state index contributed by atoms with van der Waals surface area (Å²) < 4.78 is 5.57. The van der Waals surface area contributed by atoms with Crippen LogP contribution >= 0.6 is 0 Å². The highest BCUT2D eigenvalue weighted by molar-refractivity contribution is 6.01. The first kappa shape index (κ1) is 20.4. The van der Waals surface area contributed by atoms with Crippen LogP contribution in [0.1, 0.15) is 67.1 Å². The maximum atomic E-state index is 12.3. The zero-order valence-corrected chi connectivity index (χ0v) is 16.4. The van der Waals surface area contributed by atoms with Crippen molar-refractivity contribution in [2.75, 3.05) is 0 Å². The summed E-state index contributed by atoms with van der Waals surface area (Å²) in [7, 11) is 0. The second kappa shape index (κ2) is 8.20. The van der Waals surface area contributed by atoms with Crippen molar-refractivity contribution in [1.82, 2.24) is 5.43 Å². The fraction of sp³-hybridized carbons (Fsp3) is 0.381. The number of carbonyl (C=O) groups is 2. The number of aliphatic carboxylic acids is 1. The van der Waals surface area contributed by atoms with Gasteiger partial charge in [-0.15, -0.1) is 0 Å². The van der Waals surface area contributed by atoms with E-state index in [4.69, 9.17) is 9.52 Å². The minimum absolute atomic E-state index is 0.00385. The highest BCUT2D eigenvalue weighted by atomic mass is 16.4. The molecule has 0 fully saturated rings. The van der Waals surface area contributed by atoms with E-state index >= 15 is 0 Å². The maximum absolute atomic E-state index is 12.3. The summed E-state index contributed by atoms with van der Waals surface area (Å²) in [6.45, 7) is 9.91. The van der Waals surface area contributed by atoms with E-state index in [-0.39, 0.29) is 17.7 Å². The molecule has 0 atom stereocenters. The Labute approximate surface area is 159 Å². The number of hydrogen-bond donors (Lipinski definition) is 2. The fourth-order valence-electron chi connectivity index (χ4n) is 2.64. The largest absolute Gasteiger partial charge is 0.481 e. The molecule has 0 bridgehead atoms. The molecular formula is C21H26N2O4. The number of aryl methyl sites for hydroxylation is 2.